The van der Waals surface area contributed by atoms with Crippen LogP contribution in [0.5, 0.6) is 5.75 Å². The first-order valence-electron chi connectivity index (χ1n) is 16.5. The van der Waals surface area contributed by atoms with E-state index in [4.69, 9.17) is 33.2 Å². The van der Waals surface area contributed by atoms with Crippen LogP contribution in [0, 0.1) is 0 Å². The van der Waals surface area contributed by atoms with Gasteiger partial charge in [0.05, 0.1) is 52.3 Å². The number of carbonyl (C=O) groups is 3. The summed E-state index contributed by atoms with van der Waals surface area (Å²) in [5, 5.41) is 0. The van der Waals surface area contributed by atoms with Gasteiger partial charge in [0.25, 0.3) is 0 Å². The fourth-order valence-electron chi connectivity index (χ4n) is 5.70. The van der Waals surface area contributed by atoms with E-state index in [0.29, 0.717) is 10.6 Å². The zero-order valence-corrected chi connectivity index (χ0v) is 30.4. The first-order chi connectivity index (χ1) is 24.6. The van der Waals surface area contributed by atoms with Gasteiger partial charge in [-0.15, -0.1) is 19.7 Å². The molecule has 1 aliphatic heterocycles. The second-order valence-electron chi connectivity index (χ2n) is 11.5. The molecule has 1 saturated heterocycles. The van der Waals surface area contributed by atoms with E-state index in [1.807, 2.05) is 54.6 Å². The summed E-state index contributed by atoms with van der Waals surface area (Å²) in [5.74, 6) is -1.09. The molecule has 0 N–H and O–H groups in total. The van der Waals surface area contributed by atoms with E-state index in [2.05, 4.69) is 26.3 Å². The van der Waals surface area contributed by atoms with E-state index in [1.54, 1.807) is 25.3 Å². The molecule has 11 nitrogen and oxygen atoms in total. The average molecular weight is 724 g/mol. The Morgan fingerprint density at radius 1 is 0.902 bits per heavy atom. The van der Waals surface area contributed by atoms with Gasteiger partial charge in [0.2, 0.25) is 16.7 Å². The number of methoxy groups -OCH3 is 1. The molecule has 0 spiro atoms. The second kappa shape index (κ2) is 21.4. The maximum atomic E-state index is 14.2. The number of amides is 2. The van der Waals surface area contributed by atoms with Crippen molar-refractivity contribution < 1.29 is 47.5 Å². The molecule has 1 aliphatic rings. The number of imide groups is 1. The quantitative estimate of drug-likeness (QED) is 0.110. The molecule has 1 heterocycles. The van der Waals surface area contributed by atoms with Crippen LogP contribution < -0.4 is 4.74 Å². The number of ether oxygens (including phenoxy) is 7. The third-order valence-corrected chi connectivity index (χ3v) is 9.09. The van der Waals surface area contributed by atoms with Crippen molar-refractivity contribution in [1.82, 2.24) is 4.90 Å². The Morgan fingerprint density at radius 2 is 1.53 bits per heavy atom. The molecular weight excluding hydrogens is 674 g/mol. The topological polar surface area (TPSA) is 119 Å². The van der Waals surface area contributed by atoms with Gasteiger partial charge in [-0.3, -0.25) is 14.5 Å². The van der Waals surface area contributed by atoms with Crippen molar-refractivity contribution >= 4 is 29.5 Å². The summed E-state index contributed by atoms with van der Waals surface area (Å²) >= 11 is 1.13. The average Bonchev–Trinajstić information content (AvgIpc) is 3.13. The number of thioether (sulfide) groups is 1. The number of hydrogen-bond donors (Lipinski definition) is 0. The molecule has 276 valence electrons. The van der Waals surface area contributed by atoms with E-state index in [-0.39, 0.29) is 46.1 Å². The van der Waals surface area contributed by atoms with E-state index >= 15 is 0 Å². The molecule has 6 atom stereocenters. The lowest BCUT2D eigenvalue weighted by molar-refractivity contribution is -0.235. The van der Waals surface area contributed by atoms with Gasteiger partial charge < -0.3 is 33.2 Å². The second-order valence-corrected chi connectivity index (χ2v) is 12.8. The van der Waals surface area contributed by atoms with Crippen LogP contribution in [0.1, 0.15) is 25.8 Å². The fraction of sp³-hybridized carbons (Fsp3) is 0.410. The van der Waals surface area contributed by atoms with Crippen molar-refractivity contribution in [2.45, 2.75) is 67.2 Å². The van der Waals surface area contributed by atoms with Crippen molar-refractivity contribution in [3.63, 3.8) is 0 Å². The van der Waals surface area contributed by atoms with Gasteiger partial charge in [-0.05, 0) is 29.8 Å². The van der Waals surface area contributed by atoms with Gasteiger partial charge in [-0.2, -0.15) is 0 Å². The zero-order valence-electron chi connectivity index (χ0n) is 29.6. The number of rotatable bonds is 22. The Labute approximate surface area is 305 Å². The summed E-state index contributed by atoms with van der Waals surface area (Å²) in [4.78, 5) is 40.7. The lowest BCUT2D eigenvalue weighted by Gasteiger charge is -2.51. The number of nitrogens with zero attached hydrogens (tertiary/aromatic N) is 1. The smallest absolute Gasteiger partial charge is 0.349 e. The highest BCUT2D eigenvalue weighted by Gasteiger charge is 2.59. The Kier molecular flexibility index (Phi) is 17.3. The lowest BCUT2D eigenvalue weighted by atomic mass is 9.88. The summed E-state index contributed by atoms with van der Waals surface area (Å²) in [6.45, 7) is 18.0. The molecule has 51 heavy (non-hydrogen) atoms. The molecule has 0 unspecified atom stereocenters. The number of esters is 1. The molecule has 2 aromatic rings. The predicted octanol–water partition coefficient (Wildman–Crippen LogP) is 5.70. The van der Waals surface area contributed by atoms with Gasteiger partial charge in [-0.25, -0.2) is 4.79 Å². The highest BCUT2D eigenvalue weighted by atomic mass is 32.2. The summed E-state index contributed by atoms with van der Waals surface area (Å²) in [7, 11) is 1.59. The third-order valence-electron chi connectivity index (χ3n) is 7.82. The first kappa shape index (κ1) is 41.4. The van der Waals surface area contributed by atoms with Gasteiger partial charge in [0.1, 0.15) is 30.7 Å². The zero-order chi connectivity index (χ0) is 37.2. The van der Waals surface area contributed by atoms with Crippen molar-refractivity contribution in [1.29, 1.82) is 0 Å². The summed E-state index contributed by atoms with van der Waals surface area (Å²) < 4.78 is 43.0. The molecule has 12 heteroatoms. The molecule has 0 aromatic heterocycles. The Bertz CT molecular complexity index is 1440. The van der Waals surface area contributed by atoms with Gasteiger partial charge >= 0.3 is 5.97 Å². The van der Waals surface area contributed by atoms with Crippen molar-refractivity contribution in [2.75, 3.05) is 40.1 Å². The van der Waals surface area contributed by atoms with Gasteiger partial charge in [-0.1, -0.05) is 73.0 Å². The maximum absolute atomic E-state index is 14.2. The molecule has 0 saturated carbocycles. The van der Waals surface area contributed by atoms with Crippen LogP contribution in [-0.4, -0.2) is 98.2 Å². The minimum atomic E-state index is -1.74. The molecule has 0 bridgehead atoms. The van der Waals surface area contributed by atoms with Crippen LogP contribution in [0.3, 0.4) is 0 Å². The molecular formula is C39H49NO10S. The molecule has 0 radical (unpaired) electrons. The van der Waals surface area contributed by atoms with E-state index in [1.165, 1.54) is 19.9 Å². The van der Waals surface area contributed by atoms with Crippen molar-refractivity contribution in [2.24, 2.45) is 0 Å². The number of carbonyl (C=O) groups excluding carboxylic acids is 3. The van der Waals surface area contributed by atoms with Crippen LogP contribution in [-0.2, 0) is 49.4 Å². The number of hydrogen-bond acceptors (Lipinski definition) is 11. The monoisotopic (exact) mass is 723 g/mol. The Balaban J connectivity index is 2.21. The van der Waals surface area contributed by atoms with Crippen LogP contribution in [0.2, 0.25) is 0 Å². The summed E-state index contributed by atoms with van der Waals surface area (Å²) in [5.41, 5.74) is 0.883. The largest absolute Gasteiger partial charge is 0.497 e. The summed E-state index contributed by atoms with van der Waals surface area (Å²) in [6.07, 6.45) is 1.95. The van der Waals surface area contributed by atoms with Crippen molar-refractivity contribution in [3.8, 4) is 5.75 Å². The molecule has 0 aliphatic carbocycles. The molecule has 2 aromatic carbocycles. The molecule has 1 fully saturated rings. The lowest BCUT2D eigenvalue weighted by Crippen LogP contribution is -2.69. The third kappa shape index (κ3) is 11.7. The normalized spacial score (nSPS) is 21.0. The van der Waals surface area contributed by atoms with E-state index < -0.39 is 53.2 Å². The minimum Gasteiger partial charge on any atom is -0.497 e. The Hall–Kier alpha value is -4.04. The summed E-state index contributed by atoms with van der Waals surface area (Å²) in [6, 6.07) is 15.5. The van der Waals surface area contributed by atoms with E-state index in [0.717, 1.165) is 22.2 Å². The molecule has 3 rings (SSSR count). The first-order valence-corrected chi connectivity index (χ1v) is 17.3. The maximum Gasteiger partial charge on any atom is 0.349 e. The predicted molar refractivity (Wildman–Crippen MR) is 195 cm³/mol. The Morgan fingerprint density at radius 3 is 2.12 bits per heavy atom. The molecule has 2 amide bonds. The van der Waals surface area contributed by atoms with Crippen LogP contribution in [0.4, 0.5) is 0 Å². The van der Waals surface area contributed by atoms with Crippen LogP contribution >= 0.6 is 11.8 Å². The standard InChI is InChI=1S/C39H49NO10S/c1-8-21-46-33-25-39(38(43)49-24-11-4,51-32-15-13-12-14-16-32)50-37(35(33)40(28(5)41)29(6)42)36(48-23-10-3)34(47-22-9-2)27-45-26-30-17-19-31(44-7)20-18-30/h8-20,33-37H,1-4,21-27H2,5-7H3/t33-,34+,35+,36+,37+,39-/m0/s1. The van der Waals surface area contributed by atoms with Gasteiger partial charge in [0, 0.05) is 25.2 Å². The van der Waals surface area contributed by atoms with Crippen molar-refractivity contribution in [3.05, 3.63) is 111 Å². The van der Waals surface area contributed by atoms with Gasteiger partial charge in [0.15, 0.2) is 0 Å². The highest BCUT2D eigenvalue weighted by molar-refractivity contribution is 8.01. The fourth-order valence-corrected chi connectivity index (χ4v) is 6.92. The van der Waals surface area contributed by atoms with Crippen LogP contribution in [0.25, 0.3) is 0 Å². The SMILES string of the molecule is C=CCOC(=O)[C@@]1(Sc2ccccc2)C[C@H](OCC=C)[C@@H](N(C(C)=O)C(C)=O)[C@H]([C@H](OCC=C)[C@@H](COCc2ccc(OC)cc2)OCC=C)O1. The van der Waals surface area contributed by atoms with E-state index in [9.17, 15) is 14.4 Å². The van der Waals surface area contributed by atoms with Crippen LogP contribution in [0.15, 0.2) is 110 Å². The number of benzene rings is 2. The highest BCUT2D eigenvalue weighted by Crippen LogP contribution is 2.47. The minimum absolute atomic E-state index is 0.00762.